The fourth-order valence-corrected chi connectivity index (χ4v) is 3.04. The van der Waals surface area contributed by atoms with E-state index < -0.39 is 0 Å². The second-order valence-electron chi connectivity index (χ2n) is 6.80. The Hall–Kier alpha value is -3.51. The van der Waals surface area contributed by atoms with Crippen molar-refractivity contribution in [2.24, 2.45) is 0 Å². The van der Waals surface area contributed by atoms with E-state index in [-0.39, 0.29) is 18.4 Å². The molecule has 3 N–H and O–H groups in total. The lowest BCUT2D eigenvalue weighted by atomic mass is 10.2. The van der Waals surface area contributed by atoms with E-state index in [0.29, 0.717) is 28.6 Å². The minimum absolute atomic E-state index is 0.0870. The lowest BCUT2D eigenvalue weighted by Crippen LogP contribution is -2.22. The maximum atomic E-state index is 12.4. The summed E-state index contributed by atoms with van der Waals surface area (Å²) in [5.74, 6) is 0.345. The molecule has 0 spiro atoms. The standard InChI is InChI=1S/C24H24ClN3O3/c1-3-31-20-13-11-19(12-14-20)27-24(30)17-7-9-18(10-8-17)26-15-23(29)28-22-6-4-5-21(25)16(22)2/h4-14,26H,3,15H2,1-2H3,(H,27,30)(H,28,29). The molecule has 3 aromatic carbocycles. The van der Waals surface area contributed by atoms with Crippen LogP contribution in [0.25, 0.3) is 0 Å². The van der Waals surface area contributed by atoms with Crippen LogP contribution in [0.15, 0.2) is 66.7 Å². The van der Waals surface area contributed by atoms with Gasteiger partial charge in [0.2, 0.25) is 5.91 Å². The first-order chi connectivity index (χ1) is 15.0. The third kappa shape index (κ3) is 6.23. The molecule has 0 atom stereocenters. The molecule has 2 amide bonds. The smallest absolute Gasteiger partial charge is 0.255 e. The van der Waals surface area contributed by atoms with Crippen molar-refractivity contribution in [2.45, 2.75) is 13.8 Å². The van der Waals surface area contributed by atoms with Crippen molar-refractivity contribution in [2.75, 3.05) is 29.1 Å². The van der Waals surface area contributed by atoms with Crippen molar-refractivity contribution < 1.29 is 14.3 Å². The molecule has 0 aliphatic rings. The average molecular weight is 438 g/mol. The SMILES string of the molecule is CCOc1ccc(NC(=O)c2ccc(NCC(=O)Nc3cccc(Cl)c3C)cc2)cc1. The highest BCUT2D eigenvalue weighted by Crippen LogP contribution is 2.23. The van der Waals surface area contributed by atoms with Gasteiger partial charge in [0, 0.05) is 27.6 Å². The van der Waals surface area contributed by atoms with Crippen LogP contribution in [0, 0.1) is 6.92 Å². The van der Waals surface area contributed by atoms with Crippen LogP contribution < -0.4 is 20.7 Å². The zero-order valence-corrected chi connectivity index (χ0v) is 18.1. The van der Waals surface area contributed by atoms with E-state index in [4.69, 9.17) is 16.3 Å². The van der Waals surface area contributed by atoms with Gasteiger partial charge in [0.1, 0.15) is 5.75 Å². The quantitative estimate of drug-likeness (QED) is 0.443. The molecule has 0 aliphatic heterocycles. The fourth-order valence-electron chi connectivity index (χ4n) is 2.86. The number of halogens is 1. The summed E-state index contributed by atoms with van der Waals surface area (Å²) in [4.78, 5) is 24.6. The molecular formula is C24H24ClN3O3. The molecule has 160 valence electrons. The molecule has 0 aromatic heterocycles. The van der Waals surface area contributed by atoms with Gasteiger partial charge in [-0.3, -0.25) is 9.59 Å². The highest BCUT2D eigenvalue weighted by molar-refractivity contribution is 6.31. The van der Waals surface area contributed by atoms with Crippen LogP contribution in [0.1, 0.15) is 22.8 Å². The molecule has 31 heavy (non-hydrogen) atoms. The molecule has 0 fully saturated rings. The number of anilines is 3. The predicted octanol–water partition coefficient (Wildman–Crippen LogP) is 5.35. The average Bonchev–Trinajstić information content (AvgIpc) is 2.77. The first kappa shape index (κ1) is 22.2. The second kappa shape index (κ2) is 10.5. The third-order valence-electron chi connectivity index (χ3n) is 4.57. The Labute approximate surface area is 186 Å². The molecule has 0 bridgehead atoms. The van der Waals surface area contributed by atoms with Gasteiger partial charge >= 0.3 is 0 Å². The van der Waals surface area contributed by atoms with Gasteiger partial charge in [0.25, 0.3) is 5.91 Å². The van der Waals surface area contributed by atoms with Gasteiger partial charge < -0.3 is 20.7 Å². The van der Waals surface area contributed by atoms with E-state index in [1.165, 1.54) is 0 Å². The van der Waals surface area contributed by atoms with Crippen LogP contribution in [-0.2, 0) is 4.79 Å². The summed E-state index contributed by atoms with van der Waals surface area (Å²) >= 11 is 6.08. The maximum Gasteiger partial charge on any atom is 0.255 e. The molecule has 0 heterocycles. The molecule has 6 nitrogen and oxygen atoms in total. The third-order valence-corrected chi connectivity index (χ3v) is 4.97. The first-order valence-corrected chi connectivity index (χ1v) is 10.3. The van der Waals surface area contributed by atoms with Crippen LogP contribution in [-0.4, -0.2) is 25.0 Å². The molecule has 0 saturated heterocycles. The first-order valence-electron chi connectivity index (χ1n) is 9.89. The Balaban J connectivity index is 1.51. The van der Waals surface area contributed by atoms with Crippen molar-refractivity contribution in [3.05, 3.63) is 82.9 Å². The summed E-state index contributed by atoms with van der Waals surface area (Å²) in [5.41, 5.74) is 3.43. The molecular weight excluding hydrogens is 414 g/mol. The number of ether oxygens (including phenoxy) is 1. The van der Waals surface area contributed by atoms with Gasteiger partial charge in [0.05, 0.1) is 13.2 Å². The largest absolute Gasteiger partial charge is 0.494 e. The summed E-state index contributed by atoms with van der Waals surface area (Å²) < 4.78 is 5.39. The van der Waals surface area contributed by atoms with Crippen LogP contribution in [0.3, 0.4) is 0 Å². The van der Waals surface area contributed by atoms with E-state index in [0.717, 1.165) is 17.0 Å². The number of carbonyl (C=O) groups excluding carboxylic acids is 2. The molecule has 7 heteroatoms. The minimum atomic E-state index is -0.218. The van der Waals surface area contributed by atoms with Gasteiger partial charge in [-0.25, -0.2) is 0 Å². The fraction of sp³-hybridized carbons (Fsp3) is 0.167. The number of rotatable bonds is 8. The highest BCUT2D eigenvalue weighted by Gasteiger charge is 2.09. The predicted molar refractivity (Wildman–Crippen MR) is 125 cm³/mol. The zero-order chi connectivity index (χ0) is 22.2. The lowest BCUT2D eigenvalue weighted by molar-refractivity contribution is -0.114. The Morgan fingerprint density at radius 1 is 0.903 bits per heavy atom. The molecule has 0 radical (unpaired) electrons. The van der Waals surface area contributed by atoms with E-state index >= 15 is 0 Å². The van der Waals surface area contributed by atoms with E-state index in [1.54, 1.807) is 54.6 Å². The molecule has 0 unspecified atom stereocenters. The van der Waals surface area contributed by atoms with Crippen LogP contribution >= 0.6 is 11.6 Å². The zero-order valence-electron chi connectivity index (χ0n) is 17.4. The van der Waals surface area contributed by atoms with Crippen LogP contribution in [0.4, 0.5) is 17.1 Å². The van der Waals surface area contributed by atoms with Crippen molar-refractivity contribution in [3.63, 3.8) is 0 Å². The Kier molecular flexibility index (Phi) is 7.51. The molecule has 3 rings (SSSR count). The van der Waals surface area contributed by atoms with Crippen LogP contribution in [0.2, 0.25) is 5.02 Å². The summed E-state index contributed by atoms with van der Waals surface area (Å²) in [7, 11) is 0. The van der Waals surface area contributed by atoms with Crippen molar-refractivity contribution in [1.82, 2.24) is 0 Å². The Morgan fingerprint density at radius 3 is 2.26 bits per heavy atom. The number of carbonyl (C=O) groups is 2. The molecule has 0 saturated carbocycles. The van der Waals surface area contributed by atoms with Gasteiger partial charge in [-0.1, -0.05) is 17.7 Å². The number of hydrogen-bond donors (Lipinski definition) is 3. The maximum absolute atomic E-state index is 12.4. The minimum Gasteiger partial charge on any atom is -0.494 e. The van der Waals surface area contributed by atoms with E-state index in [2.05, 4.69) is 16.0 Å². The van der Waals surface area contributed by atoms with Gasteiger partial charge in [-0.05, 0) is 80.1 Å². The summed E-state index contributed by atoms with van der Waals surface area (Å²) in [6.45, 7) is 4.45. The summed E-state index contributed by atoms with van der Waals surface area (Å²) in [6, 6.07) is 19.5. The Morgan fingerprint density at radius 2 is 1.58 bits per heavy atom. The van der Waals surface area contributed by atoms with Crippen molar-refractivity contribution in [1.29, 1.82) is 0 Å². The van der Waals surface area contributed by atoms with Gasteiger partial charge in [-0.15, -0.1) is 0 Å². The van der Waals surface area contributed by atoms with E-state index in [9.17, 15) is 9.59 Å². The molecule has 0 aliphatic carbocycles. The number of hydrogen-bond acceptors (Lipinski definition) is 4. The van der Waals surface area contributed by atoms with Gasteiger partial charge in [0.15, 0.2) is 0 Å². The summed E-state index contributed by atoms with van der Waals surface area (Å²) in [6.07, 6.45) is 0. The number of benzene rings is 3. The lowest BCUT2D eigenvalue weighted by Gasteiger charge is -2.11. The topological polar surface area (TPSA) is 79.5 Å². The molecule has 3 aromatic rings. The van der Waals surface area contributed by atoms with Crippen molar-refractivity contribution >= 4 is 40.5 Å². The summed E-state index contributed by atoms with van der Waals surface area (Å²) in [5, 5.41) is 9.32. The van der Waals surface area contributed by atoms with Crippen molar-refractivity contribution in [3.8, 4) is 5.75 Å². The number of nitrogens with one attached hydrogen (secondary N) is 3. The number of amides is 2. The monoisotopic (exact) mass is 437 g/mol. The normalized spacial score (nSPS) is 10.3. The van der Waals surface area contributed by atoms with Crippen LogP contribution in [0.5, 0.6) is 5.75 Å². The second-order valence-corrected chi connectivity index (χ2v) is 7.21. The van der Waals surface area contributed by atoms with Gasteiger partial charge in [-0.2, -0.15) is 0 Å². The van der Waals surface area contributed by atoms with E-state index in [1.807, 2.05) is 26.0 Å². The highest BCUT2D eigenvalue weighted by atomic mass is 35.5. The Bertz CT molecular complexity index is 1050.